The van der Waals surface area contributed by atoms with Crippen LogP contribution in [0.5, 0.6) is 0 Å². The Balaban J connectivity index is 2.58. The number of carbonyl (C=O) groups excluding carboxylic acids is 1. The van der Waals surface area contributed by atoms with Crippen molar-refractivity contribution in [2.45, 2.75) is 25.9 Å². The summed E-state index contributed by atoms with van der Waals surface area (Å²) < 4.78 is 10.2. The van der Waals surface area contributed by atoms with E-state index in [0.29, 0.717) is 19.6 Å². The van der Waals surface area contributed by atoms with Gasteiger partial charge < -0.3 is 9.47 Å². The number of rotatable bonds is 2. The monoisotopic (exact) mass is 170 g/mol. The van der Waals surface area contributed by atoms with Crippen molar-refractivity contribution in [1.82, 2.24) is 0 Å². The summed E-state index contributed by atoms with van der Waals surface area (Å²) in [6.45, 7) is 4.45. The fourth-order valence-corrected chi connectivity index (χ4v) is 1.09. The highest BCUT2D eigenvalue weighted by Gasteiger charge is 2.35. The quantitative estimate of drug-likeness (QED) is 0.462. The van der Waals surface area contributed by atoms with Gasteiger partial charge in [-0.15, -0.1) is 0 Å². The van der Waals surface area contributed by atoms with Crippen LogP contribution in [0.15, 0.2) is 12.2 Å². The van der Waals surface area contributed by atoms with Gasteiger partial charge in [-0.2, -0.15) is 0 Å². The maximum absolute atomic E-state index is 11.3. The van der Waals surface area contributed by atoms with E-state index in [1.165, 1.54) is 0 Å². The maximum atomic E-state index is 11.3. The van der Waals surface area contributed by atoms with E-state index in [1.54, 1.807) is 13.8 Å². The van der Waals surface area contributed by atoms with Gasteiger partial charge in [-0.25, -0.2) is 4.79 Å². The highest BCUT2D eigenvalue weighted by Crippen LogP contribution is 2.21. The van der Waals surface area contributed by atoms with E-state index < -0.39 is 5.60 Å². The van der Waals surface area contributed by atoms with E-state index >= 15 is 0 Å². The molecule has 1 rings (SSSR count). The summed E-state index contributed by atoms with van der Waals surface area (Å²) in [4.78, 5) is 11.3. The van der Waals surface area contributed by atoms with Crippen molar-refractivity contribution >= 4 is 5.97 Å². The summed E-state index contributed by atoms with van der Waals surface area (Å²) in [5.74, 6) is -0.269. The van der Waals surface area contributed by atoms with Crippen molar-refractivity contribution in [2.75, 3.05) is 13.2 Å². The highest BCUT2D eigenvalue weighted by atomic mass is 16.6. The minimum absolute atomic E-state index is 0.269. The third-order valence-electron chi connectivity index (χ3n) is 1.88. The van der Waals surface area contributed by atoms with Crippen molar-refractivity contribution in [3.8, 4) is 0 Å². The molecule has 0 bridgehead atoms. The Morgan fingerprint density at radius 1 is 1.67 bits per heavy atom. The molecule has 0 aromatic heterocycles. The molecule has 0 amide bonds. The van der Waals surface area contributed by atoms with Crippen LogP contribution in [0, 0.1) is 0 Å². The molecule has 0 aromatic carbocycles. The van der Waals surface area contributed by atoms with Gasteiger partial charge in [-0.1, -0.05) is 12.2 Å². The minimum Gasteiger partial charge on any atom is -0.464 e. The van der Waals surface area contributed by atoms with Crippen molar-refractivity contribution in [3.63, 3.8) is 0 Å². The van der Waals surface area contributed by atoms with Gasteiger partial charge in [0.2, 0.25) is 0 Å². The summed E-state index contributed by atoms with van der Waals surface area (Å²) >= 11 is 0. The lowest BCUT2D eigenvalue weighted by molar-refractivity contribution is -0.169. The molecular weight excluding hydrogens is 156 g/mol. The first kappa shape index (κ1) is 9.26. The lowest BCUT2D eigenvalue weighted by Crippen LogP contribution is -2.41. The molecule has 12 heavy (non-hydrogen) atoms. The molecule has 0 aliphatic carbocycles. The molecule has 0 N–H and O–H groups in total. The Kier molecular flexibility index (Phi) is 2.87. The molecule has 0 radical (unpaired) electrons. The minimum atomic E-state index is -0.759. The topological polar surface area (TPSA) is 35.5 Å². The smallest absolute Gasteiger partial charge is 0.338 e. The van der Waals surface area contributed by atoms with Crippen LogP contribution < -0.4 is 0 Å². The van der Waals surface area contributed by atoms with E-state index in [9.17, 15) is 4.79 Å². The molecule has 1 aliphatic heterocycles. The summed E-state index contributed by atoms with van der Waals surface area (Å²) in [6.07, 6.45) is 4.45. The molecule has 0 fully saturated rings. The normalized spacial score (nSPS) is 28.5. The van der Waals surface area contributed by atoms with Gasteiger partial charge in [-0.05, 0) is 13.8 Å². The Morgan fingerprint density at radius 2 is 2.42 bits per heavy atom. The molecule has 0 unspecified atom stereocenters. The Hall–Kier alpha value is -0.830. The molecule has 0 aromatic rings. The molecule has 3 nitrogen and oxygen atoms in total. The fourth-order valence-electron chi connectivity index (χ4n) is 1.09. The average molecular weight is 170 g/mol. The number of esters is 1. The molecule has 0 spiro atoms. The lowest BCUT2D eigenvalue weighted by atomic mass is 10.0. The molecule has 1 heterocycles. The maximum Gasteiger partial charge on any atom is 0.338 e. The second kappa shape index (κ2) is 3.72. The van der Waals surface area contributed by atoms with Crippen molar-refractivity contribution < 1.29 is 14.3 Å². The molecule has 1 aliphatic rings. The zero-order valence-corrected chi connectivity index (χ0v) is 7.50. The summed E-state index contributed by atoms with van der Waals surface area (Å²) in [7, 11) is 0. The average Bonchev–Trinajstić information content (AvgIpc) is 2.06. The standard InChI is InChI=1S/C9H14O3/c1-3-11-8(10)9(2)6-4-5-7-12-9/h4-5H,3,6-7H2,1-2H3/t9-/m0/s1. The predicted octanol–water partition coefficient (Wildman–Crippen LogP) is 1.28. The largest absolute Gasteiger partial charge is 0.464 e. The molecule has 68 valence electrons. The number of carbonyl (C=O) groups is 1. The third-order valence-corrected chi connectivity index (χ3v) is 1.88. The van der Waals surface area contributed by atoms with Crippen molar-refractivity contribution in [3.05, 3.63) is 12.2 Å². The van der Waals surface area contributed by atoms with Crippen LogP contribution in [0.2, 0.25) is 0 Å². The second-order valence-electron chi connectivity index (χ2n) is 2.94. The van der Waals surface area contributed by atoms with Crippen molar-refractivity contribution in [2.24, 2.45) is 0 Å². The van der Waals surface area contributed by atoms with Gasteiger partial charge in [0.25, 0.3) is 0 Å². The molecule has 0 saturated heterocycles. The van der Waals surface area contributed by atoms with Gasteiger partial charge in [-0.3, -0.25) is 0 Å². The Labute approximate surface area is 72.4 Å². The van der Waals surface area contributed by atoms with Crippen molar-refractivity contribution in [1.29, 1.82) is 0 Å². The predicted molar refractivity (Wildman–Crippen MR) is 44.7 cm³/mol. The van der Waals surface area contributed by atoms with Crippen LogP contribution in [-0.4, -0.2) is 24.8 Å². The van der Waals surface area contributed by atoms with Crippen LogP contribution in [0.25, 0.3) is 0 Å². The number of ether oxygens (including phenoxy) is 2. The van der Waals surface area contributed by atoms with Crippen LogP contribution in [0.3, 0.4) is 0 Å². The fraction of sp³-hybridized carbons (Fsp3) is 0.667. The first-order valence-electron chi connectivity index (χ1n) is 4.15. The van der Waals surface area contributed by atoms with E-state index in [4.69, 9.17) is 9.47 Å². The molecular formula is C9H14O3. The van der Waals surface area contributed by atoms with E-state index in [-0.39, 0.29) is 5.97 Å². The van der Waals surface area contributed by atoms with Crippen LogP contribution in [-0.2, 0) is 14.3 Å². The van der Waals surface area contributed by atoms with Gasteiger partial charge in [0.1, 0.15) is 0 Å². The van der Waals surface area contributed by atoms with Crippen LogP contribution in [0.1, 0.15) is 20.3 Å². The zero-order valence-electron chi connectivity index (χ0n) is 7.50. The van der Waals surface area contributed by atoms with Crippen LogP contribution >= 0.6 is 0 Å². The Bertz CT molecular complexity index is 198. The van der Waals surface area contributed by atoms with Gasteiger partial charge >= 0.3 is 5.97 Å². The van der Waals surface area contributed by atoms with Gasteiger partial charge in [0, 0.05) is 6.42 Å². The number of hydrogen-bond donors (Lipinski definition) is 0. The summed E-state index contributed by atoms with van der Waals surface area (Å²) in [6, 6.07) is 0. The Morgan fingerprint density at radius 3 is 2.92 bits per heavy atom. The summed E-state index contributed by atoms with van der Waals surface area (Å²) in [5.41, 5.74) is -0.759. The third kappa shape index (κ3) is 1.85. The molecule has 3 heteroatoms. The first-order valence-corrected chi connectivity index (χ1v) is 4.15. The lowest BCUT2D eigenvalue weighted by Gasteiger charge is -2.28. The number of hydrogen-bond acceptors (Lipinski definition) is 3. The van der Waals surface area contributed by atoms with E-state index in [1.807, 2.05) is 12.2 Å². The molecule has 1 atom stereocenters. The van der Waals surface area contributed by atoms with E-state index in [0.717, 1.165) is 0 Å². The van der Waals surface area contributed by atoms with Gasteiger partial charge in [0.15, 0.2) is 5.60 Å². The summed E-state index contributed by atoms with van der Waals surface area (Å²) in [5, 5.41) is 0. The first-order chi connectivity index (χ1) is 5.69. The van der Waals surface area contributed by atoms with Crippen LogP contribution in [0.4, 0.5) is 0 Å². The highest BCUT2D eigenvalue weighted by molar-refractivity contribution is 5.79. The van der Waals surface area contributed by atoms with E-state index in [2.05, 4.69) is 0 Å². The molecule has 0 saturated carbocycles. The zero-order chi connectivity index (χ0) is 9.03. The second-order valence-corrected chi connectivity index (χ2v) is 2.94. The SMILES string of the molecule is CCOC(=O)[C@]1(C)CC=CCO1. The van der Waals surface area contributed by atoms with Gasteiger partial charge in [0.05, 0.1) is 13.2 Å².